The van der Waals surface area contributed by atoms with Crippen LogP contribution >= 0.6 is 0 Å². The molecule has 1 atom stereocenters. The number of fused-ring (bicyclic) bond motifs is 3. The van der Waals surface area contributed by atoms with Crippen LogP contribution in [0.15, 0.2) is 48.5 Å². The van der Waals surface area contributed by atoms with Crippen molar-refractivity contribution < 1.29 is 33.0 Å². The van der Waals surface area contributed by atoms with Gasteiger partial charge in [-0.05, 0) is 40.5 Å². The minimum Gasteiger partial charge on any atom is -0.481 e. The van der Waals surface area contributed by atoms with Gasteiger partial charge in [-0.25, -0.2) is 13.6 Å². The van der Waals surface area contributed by atoms with Crippen molar-refractivity contribution in [2.24, 2.45) is 5.41 Å². The number of carboxylic acid groups (broad SMARTS) is 1. The first-order valence-electron chi connectivity index (χ1n) is 11.7. The third kappa shape index (κ3) is 5.61. The normalized spacial score (nSPS) is 16.5. The standard InChI is InChI=1S/C26H28F2N2O5/c27-24(28)21(12-23(32)33)30-22(31)13-26(10-5-11-26)15-29-25(34)35-14-20-18-8-3-1-6-16(18)17-7-2-4-9-19(17)20/h1-4,6-9,20-21,24H,5,10-15H2,(H,29,34)(H,30,31)(H,32,33). The van der Waals surface area contributed by atoms with Crippen molar-refractivity contribution in [2.75, 3.05) is 13.2 Å². The number of halogens is 2. The van der Waals surface area contributed by atoms with Crippen LogP contribution in [0.25, 0.3) is 11.1 Å². The van der Waals surface area contributed by atoms with Gasteiger partial charge in [0, 0.05) is 18.9 Å². The molecule has 2 aliphatic carbocycles. The first kappa shape index (κ1) is 24.6. The van der Waals surface area contributed by atoms with Gasteiger partial charge in [0.25, 0.3) is 6.43 Å². The first-order chi connectivity index (χ1) is 16.8. The Labute approximate surface area is 201 Å². The van der Waals surface area contributed by atoms with E-state index in [2.05, 4.69) is 22.8 Å². The number of amides is 2. The van der Waals surface area contributed by atoms with Gasteiger partial charge < -0.3 is 20.5 Å². The van der Waals surface area contributed by atoms with Crippen molar-refractivity contribution in [2.45, 2.75) is 50.5 Å². The summed E-state index contributed by atoms with van der Waals surface area (Å²) >= 11 is 0. The molecule has 1 fully saturated rings. The van der Waals surface area contributed by atoms with Crippen LogP contribution in [0.1, 0.15) is 49.1 Å². The molecule has 0 bridgehead atoms. The van der Waals surface area contributed by atoms with Crippen LogP contribution in [0.5, 0.6) is 0 Å². The van der Waals surface area contributed by atoms with Crippen molar-refractivity contribution in [1.82, 2.24) is 10.6 Å². The first-order valence-corrected chi connectivity index (χ1v) is 11.7. The van der Waals surface area contributed by atoms with Crippen LogP contribution in [-0.2, 0) is 14.3 Å². The molecule has 1 unspecified atom stereocenters. The number of alkyl carbamates (subject to hydrolysis) is 1. The van der Waals surface area contributed by atoms with Crippen molar-refractivity contribution in [3.63, 3.8) is 0 Å². The second kappa shape index (κ2) is 10.4. The Kier molecular flexibility index (Phi) is 7.33. The quantitative estimate of drug-likeness (QED) is 0.464. The molecule has 0 aromatic heterocycles. The highest BCUT2D eigenvalue weighted by Gasteiger charge is 2.40. The average molecular weight is 487 g/mol. The molecule has 0 saturated heterocycles. The van der Waals surface area contributed by atoms with Crippen LogP contribution in [0.4, 0.5) is 13.6 Å². The number of rotatable bonds is 10. The second-order valence-electron chi connectivity index (χ2n) is 9.32. The van der Waals surface area contributed by atoms with E-state index in [1.54, 1.807) is 0 Å². The highest BCUT2D eigenvalue weighted by atomic mass is 19.3. The summed E-state index contributed by atoms with van der Waals surface area (Å²) in [5.74, 6) is -2.13. The summed E-state index contributed by atoms with van der Waals surface area (Å²) in [6.07, 6.45) is -2.34. The molecule has 0 heterocycles. The monoisotopic (exact) mass is 486 g/mol. The van der Waals surface area contributed by atoms with Gasteiger partial charge in [0.05, 0.1) is 6.42 Å². The molecule has 1 saturated carbocycles. The summed E-state index contributed by atoms with van der Waals surface area (Å²) in [5.41, 5.74) is 3.90. The van der Waals surface area contributed by atoms with E-state index in [9.17, 15) is 23.2 Å². The second-order valence-corrected chi connectivity index (χ2v) is 9.32. The third-order valence-electron chi connectivity index (χ3n) is 6.95. The largest absolute Gasteiger partial charge is 0.481 e. The maximum atomic E-state index is 13.0. The van der Waals surface area contributed by atoms with Crippen molar-refractivity contribution in [3.8, 4) is 11.1 Å². The molecule has 186 valence electrons. The Hall–Kier alpha value is -3.49. The van der Waals surface area contributed by atoms with Crippen LogP contribution < -0.4 is 10.6 Å². The highest BCUT2D eigenvalue weighted by Crippen LogP contribution is 2.45. The Morgan fingerprint density at radius 3 is 2.14 bits per heavy atom. The Morgan fingerprint density at radius 1 is 1.03 bits per heavy atom. The number of hydrogen-bond acceptors (Lipinski definition) is 4. The number of alkyl halides is 2. The van der Waals surface area contributed by atoms with Crippen LogP contribution in [0.2, 0.25) is 0 Å². The van der Waals surface area contributed by atoms with E-state index in [4.69, 9.17) is 9.84 Å². The van der Waals surface area contributed by atoms with Crippen LogP contribution in [0, 0.1) is 5.41 Å². The summed E-state index contributed by atoms with van der Waals surface area (Å²) in [6.45, 7) is 0.341. The number of aliphatic carboxylic acids is 1. The number of hydrogen-bond donors (Lipinski definition) is 3. The molecule has 2 aliphatic rings. The summed E-state index contributed by atoms with van der Waals surface area (Å²) < 4.78 is 31.6. The number of carboxylic acids is 1. The van der Waals surface area contributed by atoms with E-state index in [-0.39, 0.29) is 25.5 Å². The molecular formula is C26H28F2N2O5. The van der Waals surface area contributed by atoms with Gasteiger partial charge in [0.1, 0.15) is 12.6 Å². The number of ether oxygens (including phenoxy) is 1. The zero-order valence-corrected chi connectivity index (χ0v) is 19.1. The van der Waals surface area contributed by atoms with Crippen LogP contribution in [0.3, 0.4) is 0 Å². The van der Waals surface area contributed by atoms with E-state index in [0.717, 1.165) is 28.7 Å². The lowest BCUT2D eigenvalue weighted by atomic mass is 9.66. The van der Waals surface area contributed by atoms with Gasteiger partial charge in [0.15, 0.2) is 0 Å². The molecule has 0 spiro atoms. The molecule has 7 nitrogen and oxygen atoms in total. The van der Waals surface area contributed by atoms with E-state index < -0.39 is 42.3 Å². The predicted molar refractivity (Wildman–Crippen MR) is 124 cm³/mol. The molecule has 3 N–H and O–H groups in total. The average Bonchev–Trinajstić information content (AvgIpc) is 3.12. The van der Waals surface area contributed by atoms with Gasteiger partial charge in [-0.3, -0.25) is 9.59 Å². The maximum absolute atomic E-state index is 13.0. The van der Waals surface area contributed by atoms with E-state index in [1.165, 1.54) is 0 Å². The smallest absolute Gasteiger partial charge is 0.407 e. The molecule has 4 rings (SSSR count). The summed E-state index contributed by atoms with van der Waals surface area (Å²) in [7, 11) is 0. The highest BCUT2D eigenvalue weighted by molar-refractivity contribution is 5.79. The van der Waals surface area contributed by atoms with Crippen molar-refractivity contribution in [1.29, 1.82) is 0 Å². The molecule has 2 aromatic carbocycles. The molecule has 2 amide bonds. The number of nitrogens with one attached hydrogen (secondary N) is 2. The van der Waals surface area contributed by atoms with Gasteiger partial charge in [-0.2, -0.15) is 0 Å². The maximum Gasteiger partial charge on any atom is 0.407 e. The van der Waals surface area contributed by atoms with Gasteiger partial charge in [-0.1, -0.05) is 55.0 Å². The molecule has 9 heteroatoms. The lowest BCUT2D eigenvalue weighted by Crippen LogP contribution is -2.48. The van der Waals surface area contributed by atoms with E-state index >= 15 is 0 Å². The molecule has 35 heavy (non-hydrogen) atoms. The Balaban J connectivity index is 1.30. The van der Waals surface area contributed by atoms with Gasteiger partial charge in [0.2, 0.25) is 5.91 Å². The lowest BCUT2D eigenvalue weighted by Gasteiger charge is -2.41. The minimum absolute atomic E-state index is 0.0699. The third-order valence-corrected chi connectivity index (χ3v) is 6.95. The summed E-state index contributed by atoms with van der Waals surface area (Å²) in [6, 6.07) is 14.3. The SMILES string of the molecule is O=C(O)CC(NC(=O)CC1(CNC(=O)OCC2c3ccccc3-c3ccccc32)CCC1)C(F)F. The summed E-state index contributed by atoms with van der Waals surface area (Å²) in [4.78, 5) is 35.6. The molecule has 2 aromatic rings. The fourth-order valence-electron chi connectivity index (χ4n) is 4.99. The number of benzene rings is 2. The Morgan fingerprint density at radius 2 is 1.63 bits per heavy atom. The topological polar surface area (TPSA) is 105 Å². The van der Waals surface area contributed by atoms with Crippen LogP contribution in [-0.4, -0.2) is 48.7 Å². The molecule has 0 aliphatic heterocycles. The molecular weight excluding hydrogens is 458 g/mol. The predicted octanol–water partition coefficient (Wildman–Crippen LogP) is 4.31. The zero-order valence-electron chi connectivity index (χ0n) is 19.1. The van der Waals surface area contributed by atoms with Crippen molar-refractivity contribution in [3.05, 3.63) is 59.7 Å². The zero-order chi connectivity index (χ0) is 25.0. The van der Waals surface area contributed by atoms with Gasteiger partial charge in [-0.15, -0.1) is 0 Å². The lowest BCUT2D eigenvalue weighted by molar-refractivity contribution is -0.139. The van der Waals surface area contributed by atoms with Gasteiger partial charge >= 0.3 is 12.1 Å². The Bertz CT molecular complexity index is 1060. The fourth-order valence-corrected chi connectivity index (χ4v) is 4.99. The van der Waals surface area contributed by atoms with Crippen molar-refractivity contribution >= 4 is 18.0 Å². The fraction of sp³-hybridized carbons (Fsp3) is 0.423. The summed E-state index contributed by atoms with van der Waals surface area (Å²) in [5, 5.41) is 13.6. The minimum atomic E-state index is -2.98. The number of carbonyl (C=O) groups excluding carboxylic acids is 2. The van der Waals surface area contributed by atoms with E-state index in [1.807, 2.05) is 36.4 Å². The number of carbonyl (C=O) groups is 3. The molecule has 0 radical (unpaired) electrons. The van der Waals surface area contributed by atoms with E-state index in [0.29, 0.717) is 12.8 Å².